The number of rotatable bonds is 7. The van der Waals surface area contributed by atoms with Crippen LogP contribution in [0, 0.1) is 0 Å². The minimum absolute atomic E-state index is 0.0427. The highest BCUT2D eigenvalue weighted by Gasteiger charge is 2.22. The van der Waals surface area contributed by atoms with Gasteiger partial charge in [-0.05, 0) is 31.5 Å². The van der Waals surface area contributed by atoms with Crippen LogP contribution in [0.1, 0.15) is 47.4 Å². The van der Waals surface area contributed by atoms with Gasteiger partial charge in [-0.2, -0.15) is 0 Å². The van der Waals surface area contributed by atoms with Crippen molar-refractivity contribution in [3.8, 4) is 0 Å². The molecule has 1 atom stereocenters. The van der Waals surface area contributed by atoms with Gasteiger partial charge in [-0.1, -0.05) is 13.3 Å². The van der Waals surface area contributed by atoms with Gasteiger partial charge in [0, 0.05) is 6.04 Å². The zero-order valence-electron chi connectivity index (χ0n) is 13.6. The summed E-state index contributed by atoms with van der Waals surface area (Å²) in [5, 5.41) is 0. The molecule has 128 valence electrons. The first-order valence-electron chi connectivity index (χ1n) is 7.09. The SMILES string of the molecule is CCC[C@@H](C)NS(=O)(=O)c1cc(C(=O)OC)cc(C(=O)OC)c1. The minimum Gasteiger partial charge on any atom is -0.465 e. The second kappa shape index (κ2) is 8.07. The van der Waals surface area contributed by atoms with Crippen LogP contribution in [-0.2, 0) is 19.5 Å². The summed E-state index contributed by atoms with van der Waals surface area (Å²) in [5.41, 5.74) is -0.0853. The van der Waals surface area contributed by atoms with Crippen molar-refractivity contribution in [3.63, 3.8) is 0 Å². The number of carbonyl (C=O) groups excluding carboxylic acids is 2. The first-order chi connectivity index (χ1) is 10.7. The van der Waals surface area contributed by atoms with Gasteiger partial charge in [0.25, 0.3) is 0 Å². The molecule has 0 bridgehead atoms. The summed E-state index contributed by atoms with van der Waals surface area (Å²) in [6.45, 7) is 3.68. The molecule has 23 heavy (non-hydrogen) atoms. The van der Waals surface area contributed by atoms with E-state index in [0.29, 0.717) is 6.42 Å². The Morgan fingerprint density at radius 2 is 1.57 bits per heavy atom. The largest absolute Gasteiger partial charge is 0.465 e. The van der Waals surface area contributed by atoms with Crippen molar-refractivity contribution in [3.05, 3.63) is 29.3 Å². The van der Waals surface area contributed by atoms with E-state index >= 15 is 0 Å². The molecular formula is C15H21NO6S. The maximum Gasteiger partial charge on any atom is 0.337 e. The molecule has 1 N–H and O–H groups in total. The van der Waals surface area contributed by atoms with E-state index in [0.717, 1.165) is 6.42 Å². The van der Waals surface area contributed by atoms with Crippen LogP contribution >= 0.6 is 0 Å². The lowest BCUT2D eigenvalue weighted by molar-refractivity contribution is 0.0598. The molecule has 0 aliphatic rings. The quantitative estimate of drug-likeness (QED) is 0.757. The monoisotopic (exact) mass is 343 g/mol. The van der Waals surface area contributed by atoms with Crippen LogP contribution in [0.25, 0.3) is 0 Å². The van der Waals surface area contributed by atoms with Gasteiger partial charge < -0.3 is 9.47 Å². The normalized spacial score (nSPS) is 12.5. The Morgan fingerprint density at radius 1 is 1.09 bits per heavy atom. The summed E-state index contributed by atoms with van der Waals surface area (Å²) < 4.78 is 36.5. The van der Waals surface area contributed by atoms with Crippen molar-refractivity contribution in [1.29, 1.82) is 0 Å². The number of hydrogen-bond acceptors (Lipinski definition) is 6. The molecule has 0 radical (unpaired) electrons. The molecule has 0 heterocycles. The number of carbonyl (C=O) groups is 2. The van der Waals surface area contributed by atoms with E-state index in [2.05, 4.69) is 14.2 Å². The molecule has 7 nitrogen and oxygen atoms in total. The lowest BCUT2D eigenvalue weighted by Crippen LogP contribution is -2.32. The Labute approximate surface area is 136 Å². The second-order valence-corrected chi connectivity index (χ2v) is 6.75. The third-order valence-electron chi connectivity index (χ3n) is 3.14. The number of hydrogen-bond donors (Lipinski definition) is 1. The van der Waals surface area contributed by atoms with Crippen molar-refractivity contribution >= 4 is 22.0 Å². The van der Waals surface area contributed by atoms with Crippen LogP contribution in [0.4, 0.5) is 0 Å². The predicted molar refractivity (Wildman–Crippen MR) is 83.8 cm³/mol. The minimum atomic E-state index is -3.88. The van der Waals surface area contributed by atoms with Crippen LogP contribution in [0.3, 0.4) is 0 Å². The molecule has 1 aromatic carbocycles. The first-order valence-corrected chi connectivity index (χ1v) is 8.57. The third kappa shape index (κ3) is 5.04. The smallest absolute Gasteiger partial charge is 0.337 e. The number of benzene rings is 1. The highest BCUT2D eigenvalue weighted by Crippen LogP contribution is 2.18. The van der Waals surface area contributed by atoms with Crippen molar-refractivity contribution in [2.45, 2.75) is 37.6 Å². The molecule has 1 aromatic rings. The van der Waals surface area contributed by atoms with Crippen LogP contribution in [0.5, 0.6) is 0 Å². The average molecular weight is 343 g/mol. The Morgan fingerprint density at radius 3 is 1.96 bits per heavy atom. The molecule has 0 aliphatic carbocycles. The topological polar surface area (TPSA) is 98.8 Å². The lowest BCUT2D eigenvalue weighted by atomic mass is 10.1. The van der Waals surface area contributed by atoms with Gasteiger partial charge in [0.05, 0.1) is 30.2 Å². The third-order valence-corrected chi connectivity index (χ3v) is 4.71. The zero-order valence-corrected chi connectivity index (χ0v) is 14.4. The molecule has 0 aromatic heterocycles. The maximum atomic E-state index is 12.4. The summed E-state index contributed by atoms with van der Waals surface area (Å²) >= 11 is 0. The molecule has 0 fully saturated rings. The van der Waals surface area contributed by atoms with Gasteiger partial charge in [-0.25, -0.2) is 22.7 Å². The van der Waals surface area contributed by atoms with E-state index in [1.165, 1.54) is 32.4 Å². The molecule has 0 amide bonds. The van der Waals surface area contributed by atoms with Gasteiger partial charge in [0.15, 0.2) is 0 Å². The number of methoxy groups -OCH3 is 2. The highest BCUT2D eigenvalue weighted by atomic mass is 32.2. The van der Waals surface area contributed by atoms with Crippen LogP contribution < -0.4 is 4.72 Å². The molecule has 0 saturated carbocycles. The number of nitrogens with one attached hydrogen (secondary N) is 1. The van der Waals surface area contributed by atoms with Gasteiger partial charge in [0.1, 0.15) is 0 Å². The number of esters is 2. The lowest BCUT2D eigenvalue weighted by Gasteiger charge is -2.14. The van der Waals surface area contributed by atoms with E-state index in [9.17, 15) is 18.0 Å². The molecule has 0 spiro atoms. The second-order valence-electron chi connectivity index (χ2n) is 5.04. The molecule has 1 rings (SSSR count). The van der Waals surface area contributed by atoms with Crippen molar-refractivity contribution in [1.82, 2.24) is 4.72 Å². The van der Waals surface area contributed by atoms with Gasteiger partial charge >= 0.3 is 11.9 Å². The Balaban J connectivity index is 3.33. The fourth-order valence-electron chi connectivity index (χ4n) is 2.05. The Hall–Kier alpha value is -1.93. The van der Waals surface area contributed by atoms with Gasteiger partial charge in [0.2, 0.25) is 10.0 Å². The molecular weight excluding hydrogens is 322 g/mol. The Bertz CT molecular complexity index is 649. The van der Waals surface area contributed by atoms with Crippen molar-refractivity contribution in [2.75, 3.05) is 14.2 Å². The van der Waals surface area contributed by atoms with E-state index < -0.39 is 22.0 Å². The van der Waals surface area contributed by atoms with Crippen LogP contribution in [0.2, 0.25) is 0 Å². The number of sulfonamides is 1. The van der Waals surface area contributed by atoms with E-state index in [1.807, 2.05) is 6.92 Å². The molecule has 0 saturated heterocycles. The van der Waals surface area contributed by atoms with Gasteiger partial charge in [-0.15, -0.1) is 0 Å². The fraction of sp³-hybridized carbons (Fsp3) is 0.467. The predicted octanol–water partition coefficient (Wildman–Crippen LogP) is 1.73. The average Bonchev–Trinajstić information content (AvgIpc) is 2.52. The van der Waals surface area contributed by atoms with Crippen LogP contribution in [0.15, 0.2) is 23.1 Å². The highest BCUT2D eigenvalue weighted by molar-refractivity contribution is 7.89. The summed E-state index contributed by atoms with van der Waals surface area (Å²) in [6, 6.07) is 3.29. The van der Waals surface area contributed by atoms with E-state index in [1.54, 1.807) is 6.92 Å². The molecule has 0 aliphatic heterocycles. The van der Waals surface area contributed by atoms with E-state index in [-0.39, 0.29) is 22.1 Å². The Kier molecular flexibility index (Phi) is 6.71. The maximum absolute atomic E-state index is 12.4. The molecule has 0 unspecified atom stereocenters. The number of ether oxygens (including phenoxy) is 2. The standard InChI is InChI=1S/C15H21NO6S/c1-5-6-10(2)16-23(19,20)13-8-11(14(17)21-3)7-12(9-13)15(18)22-4/h7-10,16H,5-6H2,1-4H3/t10-/m1/s1. The zero-order chi connectivity index (χ0) is 17.6. The van der Waals surface area contributed by atoms with Crippen LogP contribution in [-0.4, -0.2) is 40.6 Å². The summed E-state index contributed by atoms with van der Waals surface area (Å²) in [4.78, 5) is 23.2. The summed E-state index contributed by atoms with van der Waals surface area (Å²) in [5.74, 6) is -1.48. The molecule has 8 heteroatoms. The van der Waals surface area contributed by atoms with E-state index in [4.69, 9.17) is 0 Å². The fourth-order valence-corrected chi connectivity index (χ4v) is 3.40. The van der Waals surface area contributed by atoms with Gasteiger partial charge in [-0.3, -0.25) is 0 Å². The first kappa shape index (κ1) is 19.1. The van der Waals surface area contributed by atoms with Crippen molar-refractivity contribution < 1.29 is 27.5 Å². The van der Waals surface area contributed by atoms with Crippen molar-refractivity contribution in [2.24, 2.45) is 0 Å². The summed E-state index contributed by atoms with van der Waals surface area (Å²) in [7, 11) is -1.54. The summed E-state index contributed by atoms with van der Waals surface area (Å²) in [6.07, 6.45) is 1.49.